The van der Waals surface area contributed by atoms with E-state index in [1.54, 1.807) is 0 Å². The monoisotopic (exact) mass is 377 g/mol. The summed E-state index contributed by atoms with van der Waals surface area (Å²) < 4.78 is 73.2. The van der Waals surface area contributed by atoms with Gasteiger partial charge in [-0.1, -0.05) is 0 Å². The number of hydrogen-bond donors (Lipinski definition) is 1. The molecule has 0 aliphatic carbocycles. The molecule has 0 fully saturated rings. The first-order chi connectivity index (χ1) is 8.53. The molecule has 0 unspecified atom stereocenters. The lowest BCUT2D eigenvalue weighted by atomic mass is 10.3. The second-order valence-electron chi connectivity index (χ2n) is 3.73. The van der Waals surface area contributed by atoms with E-state index >= 15 is 0 Å². The minimum Gasteiger partial charge on any atom is -0.229 e. The van der Waals surface area contributed by atoms with Crippen LogP contribution in [-0.2, 0) is 19.9 Å². The smallest absolute Gasteiger partial charge is 0.229 e. The second kappa shape index (κ2) is 5.81. The highest BCUT2D eigenvalue weighted by Crippen LogP contribution is 2.25. The van der Waals surface area contributed by atoms with Gasteiger partial charge in [0, 0.05) is 23.3 Å². The first-order valence-electron chi connectivity index (χ1n) is 4.85. The van der Waals surface area contributed by atoms with Gasteiger partial charge in [-0.3, -0.25) is 0 Å². The van der Waals surface area contributed by atoms with E-state index in [4.69, 9.17) is 0 Å². The standard InChI is InChI=1S/C9H10BrF2NO4S2/c1-18(14,15)3-2-13-19(16,17)9-7(10)4-6(11)5-8(9)12/h4-5,13H,2-3H2,1H3. The zero-order valence-electron chi connectivity index (χ0n) is 9.65. The third-order valence-electron chi connectivity index (χ3n) is 2.00. The molecule has 19 heavy (non-hydrogen) atoms. The maximum atomic E-state index is 13.5. The molecule has 0 aromatic heterocycles. The highest BCUT2D eigenvalue weighted by atomic mass is 79.9. The van der Waals surface area contributed by atoms with Crippen LogP contribution < -0.4 is 4.72 Å². The van der Waals surface area contributed by atoms with Crippen molar-refractivity contribution in [1.82, 2.24) is 4.72 Å². The Morgan fingerprint density at radius 2 is 1.79 bits per heavy atom. The van der Waals surface area contributed by atoms with Gasteiger partial charge in [0.05, 0.1) is 5.75 Å². The van der Waals surface area contributed by atoms with E-state index < -0.39 is 48.7 Å². The predicted octanol–water partition coefficient (Wildman–Crippen LogP) is 1.05. The van der Waals surface area contributed by atoms with Crippen LogP contribution in [-0.4, -0.2) is 35.4 Å². The molecule has 0 aliphatic heterocycles. The van der Waals surface area contributed by atoms with Gasteiger partial charge in [0.15, 0.2) is 0 Å². The lowest BCUT2D eigenvalue weighted by molar-refractivity contribution is 0.541. The maximum Gasteiger partial charge on any atom is 0.244 e. The molecule has 0 radical (unpaired) electrons. The van der Waals surface area contributed by atoms with Crippen molar-refractivity contribution >= 4 is 35.8 Å². The van der Waals surface area contributed by atoms with Crippen molar-refractivity contribution in [2.24, 2.45) is 0 Å². The van der Waals surface area contributed by atoms with Crippen molar-refractivity contribution in [2.45, 2.75) is 4.90 Å². The van der Waals surface area contributed by atoms with E-state index in [0.717, 1.165) is 12.3 Å². The zero-order chi connectivity index (χ0) is 14.8. The molecule has 0 bridgehead atoms. The van der Waals surface area contributed by atoms with Crippen molar-refractivity contribution in [1.29, 1.82) is 0 Å². The highest BCUT2D eigenvalue weighted by Gasteiger charge is 2.23. The summed E-state index contributed by atoms with van der Waals surface area (Å²) in [4.78, 5) is -0.762. The molecule has 1 N–H and O–H groups in total. The topological polar surface area (TPSA) is 80.3 Å². The fraction of sp³-hybridized carbons (Fsp3) is 0.333. The number of benzene rings is 1. The van der Waals surface area contributed by atoms with E-state index in [-0.39, 0.29) is 4.47 Å². The molecule has 1 aromatic rings. The largest absolute Gasteiger partial charge is 0.244 e. The quantitative estimate of drug-likeness (QED) is 0.831. The molecule has 0 aliphatic rings. The minimum atomic E-state index is -4.26. The maximum absolute atomic E-state index is 13.5. The van der Waals surface area contributed by atoms with Crippen LogP contribution in [0.1, 0.15) is 0 Å². The van der Waals surface area contributed by atoms with Crippen molar-refractivity contribution in [3.8, 4) is 0 Å². The van der Waals surface area contributed by atoms with E-state index in [1.165, 1.54) is 0 Å². The average molecular weight is 378 g/mol. The van der Waals surface area contributed by atoms with Crippen LogP contribution in [0, 0.1) is 11.6 Å². The fourth-order valence-electron chi connectivity index (χ4n) is 1.22. The summed E-state index contributed by atoms with van der Waals surface area (Å²) in [7, 11) is -7.61. The van der Waals surface area contributed by atoms with E-state index in [2.05, 4.69) is 15.9 Å². The lowest BCUT2D eigenvalue weighted by Gasteiger charge is -2.09. The fourth-order valence-corrected chi connectivity index (χ4v) is 4.02. The Balaban J connectivity index is 3.02. The highest BCUT2D eigenvalue weighted by molar-refractivity contribution is 9.10. The average Bonchev–Trinajstić information content (AvgIpc) is 2.11. The van der Waals surface area contributed by atoms with E-state index in [9.17, 15) is 25.6 Å². The first kappa shape index (κ1) is 16.5. The number of sulfone groups is 1. The van der Waals surface area contributed by atoms with Crippen LogP contribution in [0.4, 0.5) is 8.78 Å². The summed E-state index contributed by atoms with van der Waals surface area (Å²) >= 11 is 2.75. The summed E-state index contributed by atoms with van der Waals surface area (Å²) in [6, 6.07) is 1.23. The lowest BCUT2D eigenvalue weighted by Crippen LogP contribution is -2.29. The van der Waals surface area contributed by atoms with Gasteiger partial charge in [-0.2, -0.15) is 0 Å². The summed E-state index contributed by atoms with van der Waals surface area (Å²) in [5.74, 6) is -2.62. The van der Waals surface area contributed by atoms with E-state index in [0.29, 0.717) is 6.07 Å². The van der Waals surface area contributed by atoms with Gasteiger partial charge in [0.2, 0.25) is 10.0 Å². The molecule has 10 heteroatoms. The third-order valence-corrected chi connectivity index (χ3v) is 5.37. The Bertz CT molecular complexity index is 665. The predicted molar refractivity (Wildman–Crippen MR) is 69.0 cm³/mol. The molecule has 108 valence electrons. The van der Waals surface area contributed by atoms with Crippen molar-refractivity contribution in [3.63, 3.8) is 0 Å². The number of nitrogens with one attached hydrogen (secondary N) is 1. The van der Waals surface area contributed by atoms with Gasteiger partial charge in [-0.25, -0.2) is 30.3 Å². The van der Waals surface area contributed by atoms with Crippen LogP contribution in [0.3, 0.4) is 0 Å². The normalized spacial score (nSPS) is 12.6. The number of hydrogen-bond acceptors (Lipinski definition) is 4. The Hall–Kier alpha value is -0.580. The molecule has 0 saturated heterocycles. The third kappa shape index (κ3) is 4.79. The molecule has 0 atom stereocenters. The molecule has 0 heterocycles. The first-order valence-corrected chi connectivity index (χ1v) is 9.18. The summed E-state index contributed by atoms with van der Waals surface area (Å²) in [5, 5.41) is 0. The summed E-state index contributed by atoms with van der Waals surface area (Å²) in [6.45, 7) is -0.398. The van der Waals surface area contributed by atoms with Gasteiger partial charge in [-0.05, 0) is 22.0 Å². The second-order valence-corrected chi connectivity index (χ2v) is 8.54. The van der Waals surface area contributed by atoms with Gasteiger partial charge >= 0.3 is 0 Å². The number of rotatable bonds is 5. The van der Waals surface area contributed by atoms with Gasteiger partial charge in [0.25, 0.3) is 0 Å². The number of halogens is 3. The van der Waals surface area contributed by atoms with Crippen molar-refractivity contribution in [3.05, 3.63) is 28.2 Å². The summed E-state index contributed by atoms with van der Waals surface area (Å²) in [5.41, 5.74) is 0. The molecule has 1 rings (SSSR count). The van der Waals surface area contributed by atoms with Crippen LogP contribution in [0.5, 0.6) is 0 Å². The molecule has 0 spiro atoms. The van der Waals surface area contributed by atoms with Crippen LogP contribution >= 0.6 is 15.9 Å². The Kier molecular flexibility index (Phi) is 5.04. The molecular weight excluding hydrogens is 368 g/mol. The van der Waals surface area contributed by atoms with Gasteiger partial charge < -0.3 is 0 Å². The Labute approximate surface area is 118 Å². The molecule has 0 saturated carbocycles. The molecule has 5 nitrogen and oxygen atoms in total. The SMILES string of the molecule is CS(=O)(=O)CCNS(=O)(=O)c1c(F)cc(F)cc1Br. The minimum absolute atomic E-state index is 0.281. The molecular formula is C9H10BrF2NO4S2. The van der Waals surface area contributed by atoms with Gasteiger partial charge in [-0.15, -0.1) is 0 Å². The zero-order valence-corrected chi connectivity index (χ0v) is 12.9. The number of sulfonamides is 1. The van der Waals surface area contributed by atoms with Crippen molar-refractivity contribution in [2.75, 3.05) is 18.6 Å². The summed E-state index contributed by atoms with van der Waals surface area (Å²) in [6.07, 6.45) is 0.940. The van der Waals surface area contributed by atoms with Crippen LogP contribution in [0.15, 0.2) is 21.5 Å². The van der Waals surface area contributed by atoms with E-state index in [1.807, 2.05) is 4.72 Å². The Morgan fingerprint density at radius 3 is 2.26 bits per heavy atom. The molecule has 1 aromatic carbocycles. The van der Waals surface area contributed by atoms with Crippen LogP contribution in [0.25, 0.3) is 0 Å². The van der Waals surface area contributed by atoms with Crippen molar-refractivity contribution < 1.29 is 25.6 Å². The van der Waals surface area contributed by atoms with Gasteiger partial charge in [0.1, 0.15) is 26.4 Å². The Morgan fingerprint density at radius 1 is 1.21 bits per heavy atom. The van der Waals surface area contributed by atoms with Crippen LogP contribution in [0.2, 0.25) is 0 Å². The molecule has 0 amide bonds.